The summed E-state index contributed by atoms with van der Waals surface area (Å²) in [5, 5.41) is 3.05. The Hall–Kier alpha value is -2.35. The molecule has 1 aliphatic carbocycles. The zero-order valence-electron chi connectivity index (χ0n) is 13.6. The van der Waals surface area contributed by atoms with Crippen molar-refractivity contribution in [1.29, 1.82) is 0 Å². The fourth-order valence-corrected chi connectivity index (χ4v) is 3.00. The molecule has 1 fully saturated rings. The van der Waals surface area contributed by atoms with Crippen LogP contribution in [0.4, 0.5) is 5.69 Å². The topological polar surface area (TPSA) is 29.1 Å². The molecule has 1 unspecified atom stereocenters. The van der Waals surface area contributed by atoms with Gasteiger partial charge in [0.05, 0.1) is 5.92 Å². The van der Waals surface area contributed by atoms with Crippen LogP contribution >= 0.6 is 0 Å². The van der Waals surface area contributed by atoms with Crippen molar-refractivity contribution in [3.8, 4) is 0 Å². The maximum absolute atomic E-state index is 12.8. The quantitative estimate of drug-likeness (QED) is 0.733. The number of carbonyl (C=O) groups is 1. The Labute approximate surface area is 138 Å². The number of benzene rings is 2. The Kier molecular flexibility index (Phi) is 4.61. The summed E-state index contributed by atoms with van der Waals surface area (Å²) in [5.74, 6) is 0.498. The first-order valence-corrected chi connectivity index (χ1v) is 8.26. The third kappa shape index (κ3) is 3.70. The van der Waals surface area contributed by atoms with Gasteiger partial charge in [0, 0.05) is 5.69 Å². The predicted octanol–water partition coefficient (Wildman–Crippen LogP) is 5.17. The Morgan fingerprint density at radius 2 is 1.91 bits per heavy atom. The zero-order chi connectivity index (χ0) is 16.2. The van der Waals surface area contributed by atoms with E-state index in [1.807, 2.05) is 43.3 Å². The average molecular weight is 305 g/mol. The van der Waals surface area contributed by atoms with E-state index in [9.17, 15) is 4.79 Å². The summed E-state index contributed by atoms with van der Waals surface area (Å²) in [4.78, 5) is 12.8. The molecule has 0 heterocycles. The Morgan fingerprint density at radius 1 is 1.22 bits per heavy atom. The molecule has 3 rings (SSSR count). The second kappa shape index (κ2) is 6.82. The number of carbonyl (C=O) groups excluding carboxylic acids is 1. The molecule has 1 atom stereocenters. The lowest BCUT2D eigenvalue weighted by Crippen LogP contribution is -2.21. The molecule has 0 aromatic heterocycles. The number of rotatable bonds is 6. The molecule has 0 bridgehead atoms. The molecule has 2 nitrogen and oxygen atoms in total. The molecule has 0 saturated heterocycles. The molecule has 2 aromatic carbocycles. The summed E-state index contributed by atoms with van der Waals surface area (Å²) in [6.07, 6.45) is 4.96. The molecule has 2 aromatic rings. The second-order valence-electron chi connectivity index (χ2n) is 6.34. The summed E-state index contributed by atoms with van der Waals surface area (Å²) >= 11 is 0. The molecule has 2 heteroatoms. The van der Waals surface area contributed by atoms with Gasteiger partial charge in [-0.05, 0) is 55.4 Å². The van der Waals surface area contributed by atoms with E-state index in [-0.39, 0.29) is 11.8 Å². The van der Waals surface area contributed by atoms with E-state index in [1.54, 1.807) is 0 Å². The number of anilines is 1. The van der Waals surface area contributed by atoms with Crippen LogP contribution < -0.4 is 5.32 Å². The number of hydrogen-bond donors (Lipinski definition) is 1. The van der Waals surface area contributed by atoms with E-state index < -0.39 is 0 Å². The van der Waals surface area contributed by atoms with Gasteiger partial charge in [0.1, 0.15) is 0 Å². The maximum atomic E-state index is 12.8. The molecule has 1 aliphatic rings. The summed E-state index contributed by atoms with van der Waals surface area (Å²) in [6, 6.07) is 16.3. The normalized spacial score (nSPS) is 15.0. The predicted molar refractivity (Wildman–Crippen MR) is 95.8 cm³/mol. The Bertz CT molecular complexity index is 698. The second-order valence-corrected chi connectivity index (χ2v) is 6.34. The number of hydrogen-bond acceptors (Lipinski definition) is 1. The van der Waals surface area contributed by atoms with Crippen LogP contribution in [-0.4, -0.2) is 5.91 Å². The molecule has 1 amide bonds. The summed E-state index contributed by atoms with van der Waals surface area (Å²) < 4.78 is 0. The summed E-state index contributed by atoms with van der Waals surface area (Å²) in [6.45, 7) is 5.88. The van der Waals surface area contributed by atoms with Crippen molar-refractivity contribution in [2.75, 3.05) is 5.32 Å². The maximum Gasteiger partial charge on any atom is 0.232 e. The monoisotopic (exact) mass is 305 g/mol. The van der Waals surface area contributed by atoms with E-state index >= 15 is 0 Å². The van der Waals surface area contributed by atoms with Crippen LogP contribution in [0.25, 0.3) is 0 Å². The van der Waals surface area contributed by atoms with Gasteiger partial charge in [-0.15, -0.1) is 6.58 Å². The largest absolute Gasteiger partial charge is 0.326 e. The van der Waals surface area contributed by atoms with Gasteiger partial charge in [-0.25, -0.2) is 0 Å². The minimum Gasteiger partial charge on any atom is -0.326 e. The van der Waals surface area contributed by atoms with Crippen molar-refractivity contribution < 1.29 is 4.79 Å². The SMILES string of the molecule is C=CCC(C(=O)Nc1ccc(C)cc1)c1ccccc1C1CC1. The Balaban J connectivity index is 1.84. The lowest BCUT2D eigenvalue weighted by Gasteiger charge is -2.19. The molecule has 118 valence electrons. The van der Waals surface area contributed by atoms with Crippen LogP contribution in [0.2, 0.25) is 0 Å². The lowest BCUT2D eigenvalue weighted by molar-refractivity contribution is -0.117. The van der Waals surface area contributed by atoms with Crippen molar-refractivity contribution in [1.82, 2.24) is 0 Å². The van der Waals surface area contributed by atoms with Gasteiger partial charge in [0.15, 0.2) is 0 Å². The van der Waals surface area contributed by atoms with Gasteiger partial charge in [-0.2, -0.15) is 0 Å². The molecular weight excluding hydrogens is 282 g/mol. The van der Waals surface area contributed by atoms with Crippen molar-refractivity contribution >= 4 is 11.6 Å². The summed E-state index contributed by atoms with van der Waals surface area (Å²) in [5.41, 5.74) is 4.52. The smallest absolute Gasteiger partial charge is 0.232 e. The standard InChI is InChI=1S/C21H23NO/c1-3-6-20(19-8-5-4-7-18(19)16-11-12-16)21(23)22-17-13-9-15(2)10-14-17/h3-5,7-10,13-14,16,20H,1,6,11-12H2,2H3,(H,22,23). The van der Waals surface area contributed by atoms with Crippen LogP contribution in [0.5, 0.6) is 0 Å². The minimum absolute atomic E-state index is 0.0434. The summed E-state index contributed by atoms with van der Waals surface area (Å²) in [7, 11) is 0. The lowest BCUT2D eigenvalue weighted by atomic mass is 9.89. The number of aryl methyl sites for hydroxylation is 1. The zero-order valence-corrected chi connectivity index (χ0v) is 13.6. The van der Waals surface area contributed by atoms with E-state index in [2.05, 4.69) is 30.1 Å². The van der Waals surface area contributed by atoms with Gasteiger partial charge in [-0.1, -0.05) is 48.0 Å². The van der Waals surface area contributed by atoms with Crippen LogP contribution in [0, 0.1) is 6.92 Å². The molecule has 0 radical (unpaired) electrons. The van der Waals surface area contributed by atoms with Crippen molar-refractivity contribution in [3.63, 3.8) is 0 Å². The van der Waals surface area contributed by atoms with Crippen LogP contribution in [0.15, 0.2) is 61.2 Å². The first-order chi connectivity index (χ1) is 11.2. The van der Waals surface area contributed by atoms with Crippen LogP contribution in [0.3, 0.4) is 0 Å². The van der Waals surface area contributed by atoms with Crippen molar-refractivity contribution in [3.05, 3.63) is 77.9 Å². The molecule has 23 heavy (non-hydrogen) atoms. The van der Waals surface area contributed by atoms with Crippen LogP contribution in [-0.2, 0) is 4.79 Å². The third-order valence-corrected chi connectivity index (χ3v) is 4.43. The fraction of sp³-hybridized carbons (Fsp3) is 0.286. The first-order valence-electron chi connectivity index (χ1n) is 8.26. The number of nitrogens with one attached hydrogen (secondary N) is 1. The highest BCUT2D eigenvalue weighted by molar-refractivity contribution is 5.96. The van der Waals surface area contributed by atoms with Gasteiger partial charge >= 0.3 is 0 Å². The van der Waals surface area contributed by atoms with Crippen LogP contribution in [0.1, 0.15) is 47.8 Å². The van der Waals surface area contributed by atoms with Crippen molar-refractivity contribution in [2.45, 2.75) is 38.0 Å². The molecular formula is C21H23NO. The minimum atomic E-state index is -0.175. The van der Waals surface area contributed by atoms with E-state index in [0.717, 1.165) is 11.3 Å². The molecule has 1 saturated carbocycles. The highest BCUT2D eigenvalue weighted by atomic mass is 16.1. The Morgan fingerprint density at radius 3 is 2.57 bits per heavy atom. The number of allylic oxidation sites excluding steroid dienone is 1. The first kappa shape index (κ1) is 15.5. The highest BCUT2D eigenvalue weighted by Gasteiger charge is 2.30. The van der Waals surface area contributed by atoms with E-state index in [1.165, 1.54) is 24.0 Å². The number of amides is 1. The van der Waals surface area contributed by atoms with Crippen molar-refractivity contribution in [2.24, 2.45) is 0 Å². The average Bonchev–Trinajstić information content (AvgIpc) is 3.39. The van der Waals surface area contributed by atoms with Gasteiger partial charge in [-0.3, -0.25) is 4.79 Å². The highest BCUT2D eigenvalue weighted by Crippen LogP contribution is 2.43. The van der Waals surface area contributed by atoms with Gasteiger partial charge < -0.3 is 5.32 Å². The van der Waals surface area contributed by atoms with Gasteiger partial charge in [0.25, 0.3) is 0 Å². The van der Waals surface area contributed by atoms with E-state index in [4.69, 9.17) is 0 Å². The fourth-order valence-electron chi connectivity index (χ4n) is 3.00. The third-order valence-electron chi connectivity index (χ3n) is 4.43. The molecule has 0 spiro atoms. The van der Waals surface area contributed by atoms with Gasteiger partial charge in [0.2, 0.25) is 5.91 Å². The molecule has 0 aliphatic heterocycles. The molecule has 1 N–H and O–H groups in total. The van der Waals surface area contributed by atoms with E-state index in [0.29, 0.717) is 12.3 Å².